The fourth-order valence-corrected chi connectivity index (χ4v) is 3.23. The molecule has 4 heteroatoms. The summed E-state index contributed by atoms with van der Waals surface area (Å²) in [7, 11) is 0. The van der Waals surface area contributed by atoms with Crippen LogP contribution in [0.4, 0.5) is 4.39 Å². The van der Waals surface area contributed by atoms with Crippen LogP contribution in [-0.2, 0) is 0 Å². The smallest absolute Gasteiger partial charge is 0.205 e. The molecule has 2 N–H and O–H groups in total. The van der Waals surface area contributed by atoms with Gasteiger partial charge in [0.2, 0.25) is 5.78 Å². The third kappa shape index (κ3) is 2.48. The summed E-state index contributed by atoms with van der Waals surface area (Å²) in [6.07, 6.45) is 3.62. The number of carbonyl (C=O) groups excluding carboxylic acids is 1. The van der Waals surface area contributed by atoms with Gasteiger partial charge >= 0.3 is 0 Å². The Bertz CT molecular complexity index is 668. The molecule has 21 heavy (non-hydrogen) atoms. The van der Waals surface area contributed by atoms with E-state index in [9.17, 15) is 9.18 Å². The summed E-state index contributed by atoms with van der Waals surface area (Å²) < 4.78 is 18.9. The molecule has 1 saturated carbocycles. The SMILES string of the molecule is CC1CCC(CN)(C(=O)c2cc3cc(F)ccc3o2)CC1. The minimum atomic E-state index is -0.515. The molecular weight excluding hydrogens is 269 g/mol. The van der Waals surface area contributed by atoms with E-state index in [2.05, 4.69) is 6.92 Å². The molecule has 0 atom stereocenters. The van der Waals surface area contributed by atoms with Gasteiger partial charge in [-0.3, -0.25) is 4.79 Å². The van der Waals surface area contributed by atoms with Gasteiger partial charge in [-0.05, 0) is 55.9 Å². The van der Waals surface area contributed by atoms with Gasteiger partial charge in [0.1, 0.15) is 11.4 Å². The number of furan rings is 1. The molecular formula is C17H20FNO2. The lowest BCUT2D eigenvalue weighted by Crippen LogP contribution is -2.41. The van der Waals surface area contributed by atoms with Crippen LogP contribution in [0.2, 0.25) is 0 Å². The van der Waals surface area contributed by atoms with Crippen molar-refractivity contribution in [3.8, 4) is 0 Å². The van der Waals surface area contributed by atoms with Gasteiger partial charge in [-0.1, -0.05) is 6.92 Å². The highest BCUT2D eigenvalue weighted by molar-refractivity contribution is 6.01. The largest absolute Gasteiger partial charge is 0.453 e. The molecule has 1 fully saturated rings. The monoisotopic (exact) mass is 289 g/mol. The number of hydrogen-bond acceptors (Lipinski definition) is 3. The first-order valence-electron chi connectivity index (χ1n) is 7.48. The number of nitrogens with two attached hydrogens (primary N) is 1. The highest BCUT2D eigenvalue weighted by Crippen LogP contribution is 2.41. The van der Waals surface area contributed by atoms with Crippen molar-refractivity contribution < 1.29 is 13.6 Å². The second-order valence-corrected chi connectivity index (χ2v) is 6.29. The summed E-state index contributed by atoms with van der Waals surface area (Å²) >= 11 is 0. The van der Waals surface area contributed by atoms with E-state index in [0.29, 0.717) is 29.2 Å². The van der Waals surface area contributed by atoms with Crippen LogP contribution in [0, 0.1) is 17.2 Å². The van der Waals surface area contributed by atoms with Crippen LogP contribution in [0.3, 0.4) is 0 Å². The molecule has 3 rings (SSSR count). The Morgan fingerprint density at radius 3 is 2.76 bits per heavy atom. The van der Waals surface area contributed by atoms with Crippen LogP contribution < -0.4 is 5.73 Å². The zero-order valence-corrected chi connectivity index (χ0v) is 12.2. The number of rotatable bonds is 3. The molecule has 1 heterocycles. The van der Waals surface area contributed by atoms with E-state index in [1.165, 1.54) is 12.1 Å². The average Bonchev–Trinajstić information content (AvgIpc) is 2.90. The van der Waals surface area contributed by atoms with Crippen LogP contribution in [0.1, 0.15) is 43.2 Å². The summed E-state index contributed by atoms with van der Waals surface area (Å²) in [6, 6.07) is 5.91. The van der Waals surface area contributed by atoms with E-state index in [0.717, 1.165) is 25.7 Å². The number of fused-ring (bicyclic) bond motifs is 1. The number of Topliss-reactive ketones (excluding diaryl/α,β-unsaturated/α-hetero) is 1. The minimum Gasteiger partial charge on any atom is -0.453 e. The Kier molecular flexibility index (Phi) is 3.57. The molecule has 1 aromatic carbocycles. The highest BCUT2D eigenvalue weighted by Gasteiger charge is 2.41. The van der Waals surface area contributed by atoms with Gasteiger partial charge in [-0.25, -0.2) is 4.39 Å². The average molecular weight is 289 g/mol. The normalized spacial score (nSPS) is 26.1. The molecule has 0 aliphatic heterocycles. The predicted molar refractivity (Wildman–Crippen MR) is 79.6 cm³/mol. The number of ketones is 1. The maximum atomic E-state index is 13.2. The van der Waals surface area contributed by atoms with E-state index in [4.69, 9.17) is 10.2 Å². The molecule has 1 aliphatic rings. The van der Waals surface area contributed by atoms with Crippen molar-refractivity contribution in [1.82, 2.24) is 0 Å². The van der Waals surface area contributed by atoms with Gasteiger partial charge in [0.15, 0.2) is 5.76 Å². The van der Waals surface area contributed by atoms with E-state index in [-0.39, 0.29) is 11.6 Å². The van der Waals surface area contributed by atoms with E-state index < -0.39 is 5.41 Å². The molecule has 0 spiro atoms. The van der Waals surface area contributed by atoms with Crippen molar-refractivity contribution in [2.75, 3.05) is 6.54 Å². The van der Waals surface area contributed by atoms with Crippen LogP contribution in [-0.4, -0.2) is 12.3 Å². The van der Waals surface area contributed by atoms with E-state index in [1.54, 1.807) is 12.1 Å². The topological polar surface area (TPSA) is 56.2 Å². The Morgan fingerprint density at radius 2 is 2.10 bits per heavy atom. The molecule has 0 bridgehead atoms. The summed E-state index contributed by atoms with van der Waals surface area (Å²) in [4.78, 5) is 12.8. The lowest BCUT2D eigenvalue weighted by Gasteiger charge is -2.36. The molecule has 0 amide bonds. The maximum Gasteiger partial charge on any atom is 0.205 e. The third-order valence-corrected chi connectivity index (χ3v) is 4.81. The van der Waals surface area contributed by atoms with Gasteiger partial charge in [0.25, 0.3) is 0 Å². The molecule has 112 valence electrons. The maximum absolute atomic E-state index is 13.2. The van der Waals surface area contributed by atoms with Gasteiger partial charge < -0.3 is 10.2 Å². The molecule has 0 saturated heterocycles. The van der Waals surface area contributed by atoms with Gasteiger partial charge in [-0.15, -0.1) is 0 Å². The quantitative estimate of drug-likeness (QED) is 0.872. The van der Waals surface area contributed by atoms with Crippen molar-refractivity contribution >= 4 is 16.8 Å². The fourth-order valence-electron chi connectivity index (χ4n) is 3.23. The second-order valence-electron chi connectivity index (χ2n) is 6.29. The fraction of sp³-hybridized carbons (Fsp3) is 0.471. The number of halogens is 1. The first kappa shape index (κ1) is 14.3. The van der Waals surface area contributed by atoms with Crippen molar-refractivity contribution in [2.24, 2.45) is 17.1 Å². The summed E-state index contributed by atoms with van der Waals surface area (Å²) in [6.45, 7) is 2.54. The first-order chi connectivity index (χ1) is 10.0. The zero-order valence-electron chi connectivity index (χ0n) is 12.2. The Morgan fingerprint density at radius 1 is 1.38 bits per heavy atom. The zero-order chi connectivity index (χ0) is 15.0. The summed E-state index contributed by atoms with van der Waals surface area (Å²) in [5, 5.41) is 0.620. The lowest BCUT2D eigenvalue weighted by molar-refractivity contribution is 0.0667. The standard InChI is InChI=1S/C17H20FNO2/c1-11-4-6-17(10-19,7-5-11)16(20)15-9-12-8-13(18)2-3-14(12)21-15/h2-3,8-9,11H,4-7,10,19H2,1H3. The summed E-state index contributed by atoms with van der Waals surface area (Å²) in [5.74, 6) is 0.577. The first-order valence-corrected chi connectivity index (χ1v) is 7.48. The second kappa shape index (κ2) is 5.26. The Balaban J connectivity index is 1.95. The van der Waals surface area contributed by atoms with Crippen molar-refractivity contribution in [1.29, 1.82) is 0 Å². The van der Waals surface area contributed by atoms with Crippen LogP contribution >= 0.6 is 0 Å². The number of benzene rings is 1. The molecule has 1 aromatic heterocycles. The van der Waals surface area contributed by atoms with Crippen LogP contribution in [0.25, 0.3) is 11.0 Å². The molecule has 0 radical (unpaired) electrons. The van der Waals surface area contributed by atoms with Crippen molar-refractivity contribution in [2.45, 2.75) is 32.6 Å². The molecule has 3 nitrogen and oxygen atoms in total. The number of hydrogen-bond donors (Lipinski definition) is 1. The molecule has 0 unspecified atom stereocenters. The van der Waals surface area contributed by atoms with Gasteiger partial charge in [-0.2, -0.15) is 0 Å². The van der Waals surface area contributed by atoms with Gasteiger partial charge in [0, 0.05) is 17.3 Å². The van der Waals surface area contributed by atoms with E-state index in [1.807, 2.05) is 0 Å². The molecule has 1 aliphatic carbocycles. The van der Waals surface area contributed by atoms with Crippen LogP contribution in [0.15, 0.2) is 28.7 Å². The van der Waals surface area contributed by atoms with Crippen LogP contribution in [0.5, 0.6) is 0 Å². The number of carbonyl (C=O) groups is 1. The van der Waals surface area contributed by atoms with Gasteiger partial charge in [0.05, 0.1) is 0 Å². The van der Waals surface area contributed by atoms with Crippen molar-refractivity contribution in [3.63, 3.8) is 0 Å². The minimum absolute atomic E-state index is 0.0338. The predicted octanol–water partition coefficient (Wildman–Crippen LogP) is 3.91. The Labute approximate surface area is 123 Å². The lowest BCUT2D eigenvalue weighted by atomic mass is 9.68. The third-order valence-electron chi connectivity index (χ3n) is 4.81. The van der Waals surface area contributed by atoms with E-state index >= 15 is 0 Å². The highest BCUT2D eigenvalue weighted by atomic mass is 19.1. The summed E-state index contributed by atoms with van der Waals surface area (Å²) in [5.41, 5.74) is 5.94. The van der Waals surface area contributed by atoms with Crippen molar-refractivity contribution in [3.05, 3.63) is 35.8 Å². The Hall–Kier alpha value is -1.68. The molecule has 2 aromatic rings.